The van der Waals surface area contributed by atoms with Gasteiger partial charge in [-0.25, -0.2) is 4.39 Å². The van der Waals surface area contributed by atoms with Gasteiger partial charge in [-0.15, -0.1) is 0 Å². The van der Waals surface area contributed by atoms with Crippen molar-refractivity contribution in [3.63, 3.8) is 0 Å². The van der Waals surface area contributed by atoms with Gasteiger partial charge in [0.25, 0.3) is 0 Å². The van der Waals surface area contributed by atoms with Crippen LogP contribution >= 0.6 is 0 Å². The number of halogens is 1. The van der Waals surface area contributed by atoms with Crippen LogP contribution in [-0.2, 0) is 0 Å². The third-order valence-electron chi connectivity index (χ3n) is 2.08. The molecule has 0 heterocycles. The van der Waals surface area contributed by atoms with Crippen LogP contribution in [0.5, 0.6) is 0 Å². The second-order valence-corrected chi connectivity index (χ2v) is 3.52. The van der Waals surface area contributed by atoms with E-state index < -0.39 is 11.7 Å². The molecule has 1 rings (SSSR count). The summed E-state index contributed by atoms with van der Waals surface area (Å²) < 4.78 is 12.7. The van der Waals surface area contributed by atoms with Crippen LogP contribution in [0.15, 0.2) is 18.2 Å². The lowest BCUT2D eigenvalue weighted by atomic mass is 10.1. The maximum absolute atomic E-state index is 12.7. The van der Waals surface area contributed by atoms with E-state index in [4.69, 9.17) is 11.0 Å². The summed E-state index contributed by atoms with van der Waals surface area (Å²) >= 11 is 0. The Labute approximate surface area is 101 Å². The molecule has 17 heavy (non-hydrogen) atoms. The zero-order chi connectivity index (χ0) is 13.3. The molecule has 0 fully saturated rings. The normalized spacial score (nSPS) is 8.82. The van der Waals surface area contributed by atoms with Crippen LogP contribution in [-0.4, -0.2) is 5.91 Å². The number of nitrogens with two attached hydrogens (primary N) is 1. The van der Waals surface area contributed by atoms with Crippen LogP contribution in [0.3, 0.4) is 0 Å². The van der Waals surface area contributed by atoms with Crippen molar-refractivity contribution in [3.8, 4) is 6.07 Å². The van der Waals surface area contributed by atoms with Gasteiger partial charge in [0.05, 0.1) is 5.56 Å². The van der Waals surface area contributed by atoms with E-state index in [1.54, 1.807) is 6.07 Å². The van der Waals surface area contributed by atoms with Gasteiger partial charge in [-0.05, 0) is 18.2 Å². The van der Waals surface area contributed by atoms with Crippen LogP contribution in [0, 0.1) is 17.1 Å². The van der Waals surface area contributed by atoms with Crippen molar-refractivity contribution in [1.29, 1.82) is 5.26 Å². The first-order chi connectivity index (χ1) is 8.06. The molecule has 1 aromatic rings. The van der Waals surface area contributed by atoms with Crippen LogP contribution in [0.25, 0.3) is 0 Å². The zero-order valence-corrected chi connectivity index (χ0v) is 10.2. The van der Waals surface area contributed by atoms with Gasteiger partial charge in [-0.3, -0.25) is 4.79 Å². The molecule has 0 aromatic heterocycles. The SMILES string of the molecule is CCCCC.N#Cc1cc(C(N)=O)ccc1F. The number of primary amides is 1. The predicted octanol–water partition coefficient (Wildman–Crippen LogP) is 2.99. The van der Waals surface area contributed by atoms with Crippen molar-refractivity contribution in [2.24, 2.45) is 5.73 Å². The van der Waals surface area contributed by atoms with Crippen molar-refractivity contribution in [1.82, 2.24) is 0 Å². The minimum atomic E-state index is -0.675. The summed E-state index contributed by atoms with van der Waals surface area (Å²) in [6.45, 7) is 4.42. The molecule has 0 unspecified atom stereocenters. The lowest BCUT2D eigenvalue weighted by molar-refractivity contribution is 0.1000. The smallest absolute Gasteiger partial charge is 0.248 e. The van der Waals surface area contributed by atoms with Gasteiger partial charge < -0.3 is 5.73 Å². The highest BCUT2D eigenvalue weighted by atomic mass is 19.1. The number of nitriles is 1. The Kier molecular flexibility index (Phi) is 7.36. The van der Waals surface area contributed by atoms with Gasteiger partial charge in [0.2, 0.25) is 5.91 Å². The molecule has 0 bridgehead atoms. The van der Waals surface area contributed by atoms with E-state index in [2.05, 4.69) is 13.8 Å². The highest BCUT2D eigenvalue weighted by Crippen LogP contribution is 2.08. The second kappa shape index (κ2) is 8.28. The lowest BCUT2D eigenvalue weighted by Gasteiger charge is -1.95. The van der Waals surface area contributed by atoms with E-state index in [1.807, 2.05) is 0 Å². The highest BCUT2D eigenvalue weighted by molar-refractivity contribution is 5.93. The maximum Gasteiger partial charge on any atom is 0.248 e. The van der Waals surface area contributed by atoms with Crippen molar-refractivity contribution in [3.05, 3.63) is 35.1 Å². The summed E-state index contributed by atoms with van der Waals surface area (Å²) in [4.78, 5) is 10.6. The van der Waals surface area contributed by atoms with E-state index in [0.29, 0.717) is 0 Å². The molecule has 0 atom stereocenters. The van der Waals surface area contributed by atoms with E-state index >= 15 is 0 Å². The van der Waals surface area contributed by atoms with Gasteiger partial charge in [-0.1, -0.05) is 33.1 Å². The van der Waals surface area contributed by atoms with E-state index in [9.17, 15) is 9.18 Å². The molecule has 0 aliphatic heterocycles. The fourth-order valence-electron chi connectivity index (χ4n) is 1.12. The molecular weight excluding hydrogens is 219 g/mol. The van der Waals surface area contributed by atoms with Gasteiger partial charge in [0.15, 0.2) is 0 Å². The number of hydrogen-bond donors (Lipinski definition) is 1. The molecule has 0 spiro atoms. The average molecular weight is 236 g/mol. The van der Waals surface area contributed by atoms with Crippen molar-refractivity contribution in [2.75, 3.05) is 0 Å². The molecular formula is C13H17FN2O. The zero-order valence-electron chi connectivity index (χ0n) is 10.2. The summed E-state index contributed by atoms with van der Waals surface area (Å²) in [6.07, 6.45) is 4.08. The maximum atomic E-state index is 12.7. The Balaban J connectivity index is 0.000000437. The minimum Gasteiger partial charge on any atom is -0.366 e. The molecule has 92 valence electrons. The van der Waals surface area contributed by atoms with Gasteiger partial charge in [0, 0.05) is 5.56 Å². The Bertz CT molecular complexity index is 408. The number of benzene rings is 1. The average Bonchev–Trinajstić information content (AvgIpc) is 2.31. The standard InChI is InChI=1S/C8H5FN2O.C5H12/c9-7-2-1-5(8(11)12)3-6(7)4-10;1-3-5-4-2/h1-3H,(H2,11,12);3-5H2,1-2H3. The summed E-state index contributed by atoms with van der Waals surface area (Å²) in [5.74, 6) is -1.33. The van der Waals surface area contributed by atoms with E-state index in [1.165, 1.54) is 25.3 Å². The summed E-state index contributed by atoms with van der Waals surface area (Å²) in [5.41, 5.74) is 4.87. The number of hydrogen-bond acceptors (Lipinski definition) is 2. The number of amides is 1. The Morgan fingerprint density at radius 1 is 1.41 bits per heavy atom. The largest absolute Gasteiger partial charge is 0.366 e. The fraction of sp³-hybridized carbons (Fsp3) is 0.385. The predicted molar refractivity (Wildman–Crippen MR) is 64.8 cm³/mol. The summed E-state index contributed by atoms with van der Waals surface area (Å²) in [6, 6.07) is 5.01. The topological polar surface area (TPSA) is 66.9 Å². The van der Waals surface area contributed by atoms with Gasteiger partial charge >= 0.3 is 0 Å². The molecule has 1 aromatic carbocycles. The number of unbranched alkanes of at least 4 members (excludes halogenated alkanes) is 2. The molecule has 3 nitrogen and oxygen atoms in total. The molecule has 4 heteroatoms. The second-order valence-electron chi connectivity index (χ2n) is 3.52. The number of carbonyl (C=O) groups is 1. The Hall–Kier alpha value is -1.89. The van der Waals surface area contributed by atoms with Crippen LogP contribution in [0.1, 0.15) is 49.0 Å². The van der Waals surface area contributed by atoms with Crippen LogP contribution in [0.4, 0.5) is 4.39 Å². The number of rotatable bonds is 3. The Morgan fingerprint density at radius 2 is 2.00 bits per heavy atom. The molecule has 1 amide bonds. The minimum absolute atomic E-state index is 0.132. The number of carbonyl (C=O) groups excluding carboxylic acids is 1. The summed E-state index contributed by atoms with van der Waals surface area (Å²) in [5, 5.41) is 8.38. The molecule has 0 aliphatic carbocycles. The first kappa shape index (κ1) is 15.1. The van der Waals surface area contributed by atoms with Crippen LogP contribution in [0.2, 0.25) is 0 Å². The molecule has 0 saturated carbocycles. The Morgan fingerprint density at radius 3 is 2.35 bits per heavy atom. The van der Waals surface area contributed by atoms with Crippen LogP contribution < -0.4 is 5.73 Å². The first-order valence-electron chi connectivity index (χ1n) is 5.56. The molecule has 0 aliphatic rings. The monoisotopic (exact) mass is 236 g/mol. The van der Waals surface area contributed by atoms with Crippen molar-refractivity contribution < 1.29 is 9.18 Å². The fourth-order valence-corrected chi connectivity index (χ4v) is 1.12. The lowest BCUT2D eigenvalue weighted by Crippen LogP contribution is -2.11. The van der Waals surface area contributed by atoms with E-state index in [-0.39, 0.29) is 11.1 Å². The van der Waals surface area contributed by atoms with Gasteiger partial charge in [0.1, 0.15) is 11.9 Å². The third kappa shape index (κ3) is 5.67. The van der Waals surface area contributed by atoms with Crippen molar-refractivity contribution in [2.45, 2.75) is 33.1 Å². The highest BCUT2D eigenvalue weighted by Gasteiger charge is 2.05. The van der Waals surface area contributed by atoms with E-state index in [0.717, 1.165) is 12.1 Å². The number of nitrogens with zero attached hydrogens (tertiary/aromatic N) is 1. The molecule has 0 saturated heterocycles. The van der Waals surface area contributed by atoms with Gasteiger partial charge in [-0.2, -0.15) is 5.26 Å². The van der Waals surface area contributed by atoms with Crippen molar-refractivity contribution >= 4 is 5.91 Å². The summed E-state index contributed by atoms with van der Waals surface area (Å²) in [7, 11) is 0. The quantitative estimate of drug-likeness (QED) is 0.876. The third-order valence-corrected chi connectivity index (χ3v) is 2.08. The first-order valence-corrected chi connectivity index (χ1v) is 5.56. The molecule has 2 N–H and O–H groups in total. The molecule has 0 radical (unpaired) electrons.